The molecule has 0 unspecified atom stereocenters. The molecule has 4 heteroatoms. The van der Waals surface area contributed by atoms with Crippen molar-refractivity contribution >= 4 is 6.16 Å². The van der Waals surface area contributed by atoms with Gasteiger partial charge in [0.15, 0.2) is 0 Å². The lowest BCUT2D eigenvalue weighted by Crippen LogP contribution is -2.35. The van der Waals surface area contributed by atoms with Crippen molar-refractivity contribution in [2.75, 3.05) is 6.61 Å². The zero-order chi connectivity index (χ0) is 21.7. The molecule has 0 amide bonds. The van der Waals surface area contributed by atoms with Crippen molar-refractivity contribution in [3.8, 4) is 0 Å². The Bertz CT molecular complexity index is 588. The number of hydrogen-bond donors (Lipinski definition) is 1. The lowest BCUT2D eigenvalue weighted by atomic mass is 9.78. The van der Waals surface area contributed by atoms with Gasteiger partial charge in [0.1, 0.15) is 6.10 Å². The first-order chi connectivity index (χ1) is 14.6. The lowest BCUT2D eigenvalue weighted by Gasteiger charge is -2.36. The SMILES string of the molecule is CCCCCCCCc1ccc(C2(O)CCC(OC(=O)OCCCCC)CC2)cc1. The molecule has 30 heavy (non-hydrogen) atoms. The Morgan fingerprint density at radius 1 is 0.933 bits per heavy atom. The molecule has 0 radical (unpaired) electrons. The maximum atomic E-state index is 11.8. The van der Waals surface area contributed by atoms with E-state index in [4.69, 9.17) is 9.47 Å². The Morgan fingerprint density at radius 2 is 1.53 bits per heavy atom. The van der Waals surface area contributed by atoms with Gasteiger partial charge in [0, 0.05) is 0 Å². The molecule has 1 aliphatic rings. The van der Waals surface area contributed by atoms with E-state index in [0.717, 1.165) is 31.2 Å². The molecule has 0 saturated heterocycles. The molecule has 1 aromatic carbocycles. The summed E-state index contributed by atoms with van der Waals surface area (Å²) in [6, 6.07) is 8.48. The minimum atomic E-state index is -0.816. The second kappa shape index (κ2) is 13.7. The minimum Gasteiger partial charge on any atom is -0.434 e. The molecule has 1 aliphatic carbocycles. The van der Waals surface area contributed by atoms with Crippen molar-refractivity contribution in [3.63, 3.8) is 0 Å². The first-order valence-corrected chi connectivity index (χ1v) is 12.2. The van der Waals surface area contributed by atoms with E-state index < -0.39 is 11.8 Å². The largest absolute Gasteiger partial charge is 0.508 e. The van der Waals surface area contributed by atoms with Gasteiger partial charge < -0.3 is 14.6 Å². The molecule has 0 bridgehead atoms. The quantitative estimate of drug-likeness (QED) is 0.275. The molecular weight excluding hydrogens is 376 g/mol. The van der Waals surface area contributed by atoms with Crippen LogP contribution in [0.1, 0.15) is 108 Å². The first-order valence-electron chi connectivity index (χ1n) is 12.2. The van der Waals surface area contributed by atoms with Gasteiger partial charge in [-0.2, -0.15) is 0 Å². The van der Waals surface area contributed by atoms with Gasteiger partial charge >= 0.3 is 6.16 Å². The number of aryl methyl sites for hydroxylation is 1. The number of aliphatic hydroxyl groups is 1. The highest BCUT2D eigenvalue weighted by molar-refractivity contribution is 5.60. The Labute approximate surface area is 183 Å². The summed E-state index contributed by atoms with van der Waals surface area (Å²) in [4.78, 5) is 11.8. The van der Waals surface area contributed by atoms with Crippen molar-refractivity contribution in [3.05, 3.63) is 35.4 Å². The number of carbonyl (C=O) groups excluding carboxylic acids is 1. The predicted molar refractivity (Wildman–Crippen MR) is 122 cm³/mol. The second-order valence-corrected chi connectivity index (χ2v) is 8.87. The molecule has 170 valence electrons. The third-order valence-electron chi connectivity index (χ3n) is 6.30. The average molecular weight is 419 g/mol. The third kappa shape index (κ3) is 8.67. The van der Waals surface area contributed by atoms with E-state index in [9.17, 15) is 9.90 Å². The van der Waals surface area contributed by atoms with E-state index in [1.165, 1.54) is 44.1 Å². The molecule has 0 atom stereocenters. The van der Waals surface area contributed by atoms with E-state index in [-0.39, 0.29) is 6.10 Å². The number of benzene rings is 1. The van der Waals surface area contributed by atoms with Gasteiger partial charge in [0.25, 0.3) is 0 Å². The molecule has 0 heterocycles. The lowest BCUT2D eigenvalue weighted by molar-refractivity contribution is -0.0538. The second-order valence-electron chi connectivity index (χ2n) is 8.87. The smallest absolute Gasteiger partial charge is 0.434 e. The molecule has 0 aromatic heterocycles. The topological polar surface area (TPSA) is 55.8 Å². The van der Waals surface area contributed by atoms with E-state index in [1.54, 1.807) is 0 Å². The van der Waals surface area contributed by atoms with Gasteiger partial charge in [-0.3, -0.25) is 0 Å². The van der Waals surface area contributed by atoms with Crippen LogP contribution >= 0.6 is 0 Å². The fourth-order valence-electron chi connectivity index (χ4n) is 4.24. The summed E-state index contributed by atoms with van der Waals surface area (Å²) in [5, 5.41) is 11.1. The Kier molecular flexibility index (Phi) is 11.3. The van der Waals surface area contributed by atoms with Crippen molar-refractivity contribution in [1.29, 1.82) is 0 Å². The standard InChI is InChI=1S/C26H42O4/c1-3-5-7-8-9-10-12-22-13-15-23(16-14-22)26(28)19-17-24(18-20-26)30-25(27)29-21-11-6-4-2/h13-16,24,28H,3-12,17-21H2,1-2H3. The van der Waals surface area contributed by atoms with Crippen LogP contribution in [-0.2, 0) is 21.5 Å². The fraction of sp³-hybridized carbons (Fsp3) is 0.731. The Morgan fingerprint density at radius 3 is 2.20 bits per heavy atom. The summed E-state index contributed by atoms with van der Waals surface area (Å²) in [5.41, 5.74) is 1.51. The summed E-state index contributed by atoms with van der Waals surface area (Å²) in [6.45, 7) is 4.79. The highest BCUT2D eigenvalue weighted by Crippen LogP contribution is 2.38. The van der Waals surface area contributed by atoms with Crippen LogP contribution in [0.4, 0.5) is 4.79 Å². The Hall–Kier alpha value is -1.55. The van der Waals surface area contributed by atoms with Crippen molar-refractivity contribution in [2.45, 2.75) is 115 Å². The maximum Gasteiger partial charge on any atom is 0.508 e. The molecule has 2 rings (SSSR count). The molecular formula is C26H42O4. The van der Waals surface area contributed by atoms with Crippen molar-refractivity contribution < 1.29 is 19.4 Å². The molecule has 1 fully saturated rings. The number of unbranched alkanes of at least 4 members (excludes halogenated alkanes) is 7. The molecule has 1 aromatic rings. The van der Waals surface area contributed by atoms with Crippen LogP contribution < -0.4 is 0 Å². The van der Waals surface area contributed by atoms with Crippen LogP contribution in [0.2, 0.25) is 0 Å². The zero-order valence-corrected chi connectivity index (χ0v) is 19.2. The first kappa shape index (κ1) is 24.7. The number of hydrogen-bond acceptors (Lipinski definition) is 4. The minimum absolute atomic E-state index is 0.157. The Balaban J connectivity index is 1.70. The maximum absolute atomic E-state index is 11.8. The zero-order valence-electron chi connectivity index (χ0n) is 19.2. The number of rotatable bonds is 13. The summed E-state index contributed by atoms with van der Waals surface area (Å²) >= 11 is 0. The monoisotopic (exact) mass is 418 g/mol. The van der Waals surface area contributed by atoms with Crippen LogP contribution in [0.3, 0.4) is 0 Å². The predicted octanol–water partition coefficient (Wildman–Crippen LogP) is 7.06. The number of carbonyl (C=O) groups is 1. The third-order valence-corrected chi connectivity index (χ3v) is 6.30. The summed E-state index contributed by atoms with van der Waals surface area (Å²) < 4.78 is 10.6. The van der Waals surface area contributed by atoms with Crippen LogP contribution in [0.15, 0.2) is 24.3 Å². The highest BCUT2D eigenvalue weighted by Gasteiger charge is 2.36. The van der Waals surface area contributed by atoms with Gasteiger partial charge in [0.05, 0.1) is 12.2 Å². The molecule has 1 N–H and O–H groups in total. The fourth-order valence-corrected chi connectivity index (χ4v) is 4.24. The van der Waals surface area contributed by atoms with Gasteiger partial charge in [-0.1, -0.05) is 83.1 Å². The molecule has 1 saturated carbocycles. The summed E-state index contributed by atoms with van der Waals surface area (Å²) in [6.07, 6.45) is 13.8. The van der Waals surface area contributed by atoms with Crippen LogP contribution in [0, 0.1) is 0 Å². The van der Waals surface area contributed by atoms with Crippen LogP contribution in [0.25, 0.3) is 0 Å². The van der Waals surface area contributed by atoms with Crippen molar-refractivity contribution in [2.24, 2.45) is 0 Å². The molecule has 0 aliphatic heterocycles. The van der Waals surface area contributed by atoms with Gasteiger partial charge in [0.2, 0.25) is 0 Å². The van der Waals surface area contributed by atoms with Crippen LogP contribution in [0.5, 0.6) is 0 Å². The summed E-state index contributed by atoms with van der Waals surface area (Å²) in [5.74, 6) is 0. The summed E-state index contributed by atoms with van der Waals surface area (Å²) in [7, 11) is 0. The average Bonchev–Trinajstić information content (AvgIpc) is 2.76. The molecule has 0 spiro atoms. The van der Waals surface area contributed by atoms with E-state index in [0.29, 0.717) is 32.3 Å². The molecule has 4 nitrogen and oxygen atoms in total. The van der Waals surface area contributed by atoms with E-state index in [1.807, 2.05) is 0 Å². The normalized spacial score (nSPS) is 21.4. The van der Waals surface area contributed by atoms with Crippen molar-refractivity contribution in [1.82, 2.24) is 0 Å². The van der Waals surface area contributed by atoms with E-state index in [2.05, 4.69) is 38.1 Å². The highest BCUT2D eigenvalue weighted by atomic mass is 16.7. The van der Waals surface area contributed by atoms with Gasteiger partial charge in [-0.15, -0.1) is 0 Å². The van der Waals surface area contributed by atoms with Gasteiger partial charge in [-0.05, 0) is 56.1 Å². The van der Waals surface area contributed by atoms with E-state index >= 15 is 0 Å². The van der Waals surface area contributed by atoms with Crippen LogP contribution in [-0.4, -0.2) is 24.0 Å². The number of ether oxygens (including phenoxy) is 2. The van der Waals surface area contributed by atoms with Gasteiger partial charge in [-0.25, -0.2) is 4.79 Å².